The van der Waals surface area contributed by atoms with Crippen LogP contribution in [0.2, 0.25) is 0 Å². The van der Waals surface area contributed by atoms with Crippen LogP contribution in [0.5, 0.6) is 0 Å². The van der Waals surface area contributed by atoms with E-state index in [0.29, 0.717) is 12.7 Å². The normalized spacial score (nSPS) is 11.5. The number of aromatic nitrogens is 1. The fourth-order valence-electron chi connectivity index (χ4n) is 1.09. The molecule has 1 aromatic heterocycles. The zero-order valence-electron chi connectivity index (χ0n) is 10.7. The van der Waals surface area contributed by atoms with Crippen LogP contribution < -0.4 is 10.6 Å². The van der Waals surface area contributed by atoms with Gasteiger partial charge in [-0.05, 0) is 14.1 Å². The molecule has 0 saturated heterocycles. The molecule has 1 rings (SSSR count). The van der Waals surface area contributed by atoms with E-state index < -0.39 is 22.9 Å². The molecular weight excluding hydrogens is 297 g/mol. The summed E-state index contributed by atoms with van der Waals surface area (Å²) in [6.45, 7) is 0.791. The molecule has 10 heteroatoms. The average molecular weight is 310 g/mol. The molecule has 0 atom stereocenters. The third-order valence-corrected chi connectivity index (χ3v) is 3.01. The third kappa shape index (κ3) is 5.13. The highest BCUT2D eigenvalue weighted by Crippen LogP contribution is 2.34. The van der Waals surface area contributed by atoms with Crippen LogP contribution in [0.1, 0.15) is 4.88 Å². The lowest BCUT2D eigenvalue weighted by Gasteiger charge is -2.09. The van der Waals surface area contributed by atoms with Crippen molar-refractivity contribution in [3.63, 3.8) is 0 Å². The Bertz CT molecular complexity index is 487. The highest BCUT2D eigenvalue weighted by molar-refractivity contribution is 7.15. The van der Waals surface area contributed by atoms with Crippen molar-refractivity contribution in [3.8, 4) is 0 Å². The summed E-state index contributed by atoms with van der Waals surface area (Å²) in [6, 6.07) is 0. The van der Waals surface area contributed by atoms with Gasteiger partial charge in [0.15, 0.2) is 5.13 Å². The Morgan fingerprint density at radius 2 is 2.00 bits per heavy atom. The number of likely N-dealkylation sites (N-methyl/N-ethyl adjacent to an activating group) is 1. The highest BCUT2D eigenvalue weighted by Gasteiger charge is 2.33. The zero-order valence-corrected chi connectivity index (χ0v) is 11.6. The fourth-order valence-corrected chi connectivity index (χ4v) is 1.77. The Labute approximate surface area is 117 Å². The fraction of sp³-hybridized carbons (Fsp3) is 0.500. The Kier molecular flexibility index (Phi) is 5.45. The van der Waals surface area contributed by atoms with E-state index in [-0.39, 0.29) is 23.0 Å². The number of anilines is 1. The lowest BCUT2D eigenvalue weighted by Crippen LogP contribution is -2.38. The highest BCUT2D eigenvalue weighted by atomic mass is 32.1. The molecule has 0 unspecified atom stereocenters. The van der Waals surface area contributed by atoms with Gasteiger partial charge >= 0.3 is 18.0 Å². The lowest BCUT2D eigenvalue weighted by atomic mass is 10.5. The number of halogens is 3. The summed E-state index contributed by atoms with van der Waals surface area (Å²) in [4.78, 5) is 27.0. The lowest BCUT2D eigenvalue weighted by molar-refractivity contribution is -0.136. The number of nitrogens with one attached hydrogen (secondary N) is 2. The first-order valence-electron chi connectivity index (χ1n) is 5.47. The number of rotatable bonds is 4. The molecule has 112 valence electrons. The van der Waals surface area contributed by atoms with Crippen molar-refractivity contribution < 1.29 is 22.8 Å². The predicted octanol–water partition coefficient (Wildman–Crippen LogP) is 0.778. The average Bonchev–Trinajstić information content (AvgIpc) is 2.76. The minimum Gasteiger partial charge on any atom is -0.347 e. The molecule has 0 bridgehead atoms. The molecule has 0 fully saturated rings. The summed E-state index contributed by atoms with van der Waals surface area (Å²) >= 11 is 0.258. The first-order valence-corrected chi connectivity index (χ1v) is 6.28. The molecule has 1 heterocycles. The number of hydrogen-bond acceptors (Lipinski definition) is 5. The van der Waals surface area contributed by atoms with Gasteiger partial charge in [0, 0.05) is 13.1 Å². The first-order chi connectivity index (χ1) is 9.20. The van der Waals surface area contributed by atoms with Crippen LogP contribution in [0.25, 0.3) is 0 Å². The second-order valence-electron chi connectivity index (χ2n) is 4.04. The number of amides is 2. The quantitative estimate of drug-likeness (QED) is 0.806. The van der Waals surface area contributed by atoms with Gasteiger partial charge < -0.3 is 10.2 Å². The largest absolute Gasteiger partial charge is 0.427 e. The molecule has 0 aromatic carbocycles. The van der Waals surface area contributed by atoms with Gasteiger partial charge in [0.05, 0.1) is 6.20 Å². The van der Waals surface area contributed by atoms with E-state index in [9.17, 15) is 22.8 Å². The molecule has 2 N–H and O–H groups in total. The monoisotopic (exact) mass is 310 g/mol. The Balaban J connectivity index is 2.49. The molecule has 0 aliphatic rings. The van der Waals surface area contributed by atoms with Crippen LogP contribution in [-0.2, 0) is 15.8 Å². The molecule has 0 spiro atoms. The van der Waals surface area contributed by atoms with Gasteiger partial charge in [0.25, 0.3) is 0 Å². The minimum atomic E-state index is -4.52. The van der Waals surface area contributed by atoms with Crippen molar-refractivity contribution >= 4 is 28.3 Å². The molecule has 20 heavy (non-hydrogen) atoms. The molecule has 0 saturated carbocycles. The Morgan fingerprint density at radius 1 is 1.35 bits per heavy atom. The van der Waals surface area contributed by atoms with Gasteiger partial charge in [0.1, 0.15) is 4.88 Å². The van der Waals surface area contributed by atoms with E-state index in [1.807, 2.05) is 5.32 Å². The van der Waals surface area contributed by atoms with Crippen LogP contribution in [-0.4, -0.2) is 48.9 Å². The van der Waals surface area contributed by atoms with Crippen LogP contribution in [0, 0.1) is 0 Å². The molecule has 0 radical (unpaired) electrons. The van der Waals surface area contributed by atoms with Crippen LogP contribution >= 0.6 is 11.3 Å². The predicted molar refractivity (Wildman–Crippen MR) is 67.3 cm³/mol. The van der Waals surface area contributed by atoms with Crippen LogP contribution in [0.15, 0.2) is 6.20 Å². The van der Waals surface area contributed by atoms with Crippen molar-refractivity contribution in [1.82, 2.24) is 15.2 Å². The molecule has 2 amide bonds. The zero-order chi connectivity index (χ0) is 15.3. The smallest absolute Gasteiger partial charge is 0.347 e. The summed E-state index contributed by atoms with van der Waals surface area (Å²) in [6.07, 6.45) is -3.92. The Morgan fingerprint density at radius 3 is 2.50 bits per heavy atom. The number of nitrogens with zero attached hydrogens (tertiary/aromatic N) is 2. The van der Waals surface area contributed by atoms with Crippen LogP contribution in [0.3, 0.4) is 0 Å². The number of hydrogen-bond donors (Lipinski definition) is 2. The van der Waals surface area contributed by atoms with E-state index in [0.717, 1.165) is 0 Å². The standard InChI is InChI=1S/C10H13F3N4O2S/c1-17(2)4-3-14-7(18)8(19)16-9-15-5-6(20-9)10(11,12)13/h5H,3-4H2,1-2H3,(H,14,18)(H,15,16,19). The van der Waals surface area contributed by atoms with E-state index in [1.54, 1.807) is 19.0 Å². The summed E-state index contributed by atoms with van der Waals surface area (Å²) in [5.41, 5.74) is 0. The van der Waals surface area contributed by atoms with E-state index in [1.165, 1.54) is 0 Å². The first kappa shape index (κ1) is 16.4. The summed E-state index contributed by atoms with van der Waals surface area (Å²) in [5, 5.41) is 4.08. The number of alkyl halides is 3. The topological polar surface area (TPSA) is 74.3 Å². The van der Waals surface area contributed by atoms with Gasteiger partial charge in [-0.3, -0.25) is 14.9 Å². The van der Waals surface area contributed by atoms with E-state index >= 15 is 0 Å². The van der Waals surface area contributed by atoms with Gasteiger partial charge in [-0.25, -0.2) is 4.98 Å². The maximum Gasteiger partial charge on any atom is 0.427 e. The van der Waals surface area contributed by atoms with Crippen molar-refractivity contribution in [2.75, 3.05) is 32.5 Å². The summed E-state index contributed by atoms with van der Waals surface area (Å²) in [5.74, 6) is -1.97. The second-order valence-corrected chi connectivity index (χ2v) is 5.07. The SMILES string of the molecule is CN(C)CCNC(=O)C(=O)Nc1ncc(C(F)(F)F)s1. The van der Waals surface area contributed by atoms with Crippen molar-refractivity contribution in [3.05, 3.63) is 11.1 Å². The molecule has 1 aromatic rings. The molecule has 0 aliphatic heterocycles. The molecule has 6 nitrogen and oxygen atoms in total. The van der Waals surface area contributed by atoms with Crippen molar-refractivity contribution in [1.29, 1.82) is 0 Å². The van der Waals surface area contributed by atoms with E-state index in [4.69, 9.17) is 0 Å². The van der Waals surface area contributed by atoms with Crippen LogP contribution in [0.4, 0.5) is 18.3 Å². The number of thiazole rings is 1. The van der Waals surface area contributed by atoms with Crippen molar-refractivity contribution in [2.45, 2.75) is 6.18 Å². The maximum absolute atomic E-state index is 12.3. The van der Waals surface area contributed by atoms with Gasteiger partial charge in [-0.2, -0.15) is 13.2 Å². The Hall–Kier alpha value is -1.68. The summed E-state index contributed by atoms with van der Waals surface area (Å²) in [7, 11) is 3.58. The molecular formula is C10H13F3N4O2S. The van der Waals surface area contributed by atoms with E-state index in [2.05, 4.69) is 10.3 Å². The third-order valence-electron chi connectivity index (χ3n) is 2.06. The van der Waals surface area contributed by atoms with Crippen molar-refractivity contribution in [2.24, 2.45) is 0 Å². The number of carbonyl (C=O) groups excluding carboxylic acids is 2. The maximum atomic E-state index is 12.3. The van der Waals surface area contributed by atoms with Gasteiger partial charge in [0.2, 0.25) is 0 Å². The van der Waals surface area contributed by atoms with Gasteiger partial charge in [-0.15, -0.1) is 0 Å². The van der Waals surface area contributed by atoms with Gasteiger partial charge in [-0.1, -0.05) is 11.3 Å². The second kappa shape index (κ2) is 6.66. The molecule has 0 aliphatic carbocycles. The summed E-state index contributed by atoms with van der Waals surface area (Å²) < 4.78 is 36.9. The number of carbonyl (C=O) groups is 2. The minimum absolute atomic E-state index is 0.255.